The Hall–Kier alpha value is -1.84. The zero-order chi connectivity index (χ0) is 10.1. The second-order valence-corrected chi connectivity index (χ2v) is 3.04. The van der Waals surface area contributed by atoms with E-state index in [-0.39, 0.29) is 5.56 Å². The van der Waals surface area contributed by atoms with Crippen LogP contribution in [0.1, 0.15) is 17.3 Å². The van der Waals surface area contributed by atoms with Crippen LogP contribution in [0.25, 0.3) is 11.0 Å². The van der Waals surface area contributed by atoms with Crippen molar-refractivity contribution < 1.29 is 9.90 Å². The Labute approximate surface area is 80.8 Å². The van der Waals surface area contributed by atoms with E-state index in [1.807, 2.05) is 11.5 Å². The quantitative estimate of drug-likeness (QED) is 0.784. The molecule has 0 amide bonds. The van der Waals surface area contributed by atoms with Gasteiger partial charge in [-0.1, -0.05) is 0 Å². The summed E-state index contributed by atoms with van der Waals surface area (Å²) < 4.78 is 1.97. The first-order valence-corrected chi connectivity index (χ1v) is 4.40. The van der Waals surface area contributed by atoms with E-state index in [2.05, 4.69) is 4.98 Å². The SMILES string of the molecule is CCn1cnc2cc(C(=O)O)ccc21. The summed E-state index contributed by atoms with van der Waals surface area (Å²) in [6, 6.07) is 4.97. The standard InChI is InChI=1S/C10H10N2O2/c1-2-12-6-11-8-5-7(10(13)14)3-4-9(8)12/h3-6H,2H2,1H3,(H,13,14). The number of carboxylic acid groups (broad SMARTS) is 1. The van der Waals surface area contributed by atoms with Gasteiger partial charge < -0.3 is 9.67 Å². The Morgan fingerprint density at radius 2 is 2.36 bits per heavy atom. The van der Waals surface area contributed by atoms with Crippen LogP contribution >= 0.6 is 0 Å². The summed E-state index contributed by atoms with van der Waals surface area (Å²) in [6.45, 7) is 2.86. The molecule has 0 saturated carbocycles. The van der Waals surface area contributed by atoms with Crippen molar-refractivity contribution in [2.45, 2.75) is 13.5 Å². The summed E-state index contributed by atoms with van der Waals surface area (Å²) in [5, 5.41) is 8.77. The average Bonchev–Trinajstić information content (AvgIpc) is 2.59. The average molecular weight is 190 g/mol. The highest BCUT2D eigenvalue weighted by Gasteiger charge is 2.06. The summed E-state index contributed by atoms with van der Waals surface area (Å²) in [5.41, 5.74) is 1.98. The number of hydrogen-bond acceptors (Lipinski definition) is 2. The monoisotopic (exact) mass is 190 g/mol. The van der Waals surface area contributed by atoms with Crippen LogP contribution in [0.3, 0.4) is 0 Å². The van der Waals surface area contributed by atoms with Crippen molar-refractivity contribution in [1.29, 1.82) is 0 Å². The van der Waals surface area contributed by atoms with Gasteiger partial charge in [-0.2, -0.15) is 0 Å². The number of carbonyl (C=O) groups is 1. The summed E-state index contributed by atoms with van der Waals surface area (Å²) >= 11 is 0. The van der Waals surface area contributed by atoms with Gasteiger partial charge in [0.2, 0.25) is 0 Å². The summed E-state index contributed by atoms with van der Waals surface area (Å²) in [7, 11) is 0. The van der Waals surface area contributed by atoms with E-state index in [0.29, 0.717) is 0 Å². The van der Waals surface area contributed by atoms with Crippen molar-refractivity contribution in [1.82, 2.24) is 9.55 Å². The maximum absolute atomic E-state index is 10.7. The molecule has 0 fully saturated rings. The Kier molecular flexibility index (Phi) is 1.96. The van der Waals surface area contributed by atoms with Crippen LogP contribution in [0.2, 0.25) is 0 Å². The number of aromatic nitrogens is 2. The number of carboxylic acids is 1. The Morgan fingerprint density at radius 3 is 3.00 bits per heavy atom. The van der Waals surface area contributed by atoms with Gasteiger partial charge in [0.15, 0.2) is 0 Å². The fourth-order valence-corrected chi connectivity index (χ4v) is 1.45. The molecule has 0 aliphatic rings. The van der Waals surface area contributed by atoms with Crippen LogP contribution in [0.5, 0.6) is 0 Å². The van der Waals surface area contributed by atoms with Gasteiger partial charge in [0.05, 0.1) is 22.9 Å². The first-order chi connectivity index (χ1) is 6.72. The molecule has 1 N–H and O–H groups in total. The van der Waals surface area contributed by atoms with Gasteiger partial charge in [-0.05, 0) is 25.1 Å². The smallest absolute Gasteiger partial charge is 0.335 e. The lowest BCUT2D eigenvalue weighted by atomic mass is 10.2. The van der Waals surface area contributed by atoms with E-state index < -0.39 is 5.97 Å². The molecule has 2 rings (SSSR count). The predicted molar refractivity (Wildman–Crippen MR) is 52.4 cm³/mol. The number of aryl methyl sites for hydroxylation is 1. The Morgan fingerprint density at radius 1 is 1.57 bits per heavy atom. The molecule has 1 heterocycles. The molecule has 0 saturated heterocycles. The number of aromatic carboxylic acids is 1. The van der Waals surface area contributed by atoms with Crippen molar-refractivity contribution in [3.05, 3.63) is 30.1 Å². The highest BCUT2D eigenvalue weighted by atomic mass is 16.4. The molecule has 0 bridgehead atoms. The lowest BCUT2D eigenvalue weighted by Crippen LogP contribution is -1.96. The van der Waals surface area contributed by atoms with Crippen molar-refractivity contribution >= 4 is 17.0 Å². The summed E-state index contributed by atoms with van der Waals surface area (Å²) in [6.07, 6.45) is 1.72. The topological polar surface area (TPSA) is 55.1 Å². The first kappa shape index (κ1) is 8.74. The van der Waals surface area contributed by atoms with E-state index in [4.69, 9.17) is 5.11 Å². The summed E-state index contributed by atoms with van der Waals surface area (Å²) in [4.78, 5) is 14.8. The van der Waals surface area contributed by atoms with Gasteiger partial charge in [0.1, 0.15) is 0 Å². The van der Waals surface area contributed by atoms with Crippen LogP contribution in [-0.2, 0) is 6.54 Å². The van der Waals surface area contributed by atoms with E-state index in [0.717, 1.165) is 17.6 Å². The minimum Gasteiger partial charge on any atom is -0.478 e. The zero-order valence-corrected chi connectivity index (χ0v) is 7.77. The largest absolute Gasteiger partial charge is 0.478 e. The lowest BCUT2D eigenvalue weighted by molar-refractivity contribution is 0.0697. The number of imidazole rings is 1. The number of benzene rings is 1. The van der Waals surface area contributed by atoms with Gasteiger partial charge in [-0.25, -0.2) is 9.78 Å². The molecule has 4 heteroatoms. The molecule has 2 aromatic rings. The molecule has 0 radical (unpaired) electrons. The van der Waals surface area contributed by atoms with Crippen molar-refractivity contribution in [2.24, 2.45) is 0 Å². The van der Waals surface area contributed by atoms with E-state index in [1.54, 1.807) is 24.5 Å². The molecule has 1 aromatic heterocycles. The molecule has 0 atom stereocenters. The molecule has 0 spiro atoms. The number of nitrogens with zero attached hydrogens (tertiary/aromatic N) is 2. The second-order valence-electron chi connectivity index (χ2n) is 3.04. The molecule has 14 heavy (non-hydrogen) atoms. The second kappa shape index (κ2) is 3.14. The van der Waals surface area contributed by atoms with E-state index >= 15 is 0 Å². The van der Waals surface area contributed by atoms with Crippen molar-refractivity contribution in [3.8, 4) is 0 Å². The zero-order valence-electron chi connectivity index (χ0n) is 7.77. The maximum atomic E-state index is 10.7. The highest BCUT2D eigenvalue weighted by Crippen LogP contribution is 2.14. The number of fused-ring (bicyclic) bond motifs is 1. The van der Waals surface area contributed by atoms with Gasteiger partial charge in [-0.3, -0.25) is 0 Å². The van der Waals surface area contributed by atoms with Gasteiger partial charge in [0, 0.05) is 6.54 Å². The fraction of sp³-hybridized carbons (Fsp3) is 0.200. The predicted octanol–water partition coefficient (Wildman–Crippen LogP) is 1.75. The highest BCUT2D eigenvalue weighted by molar-refractivity contribution is 5.92. The van der Waals surface area contributed by atoms with Crippen LogP contribution < -0.4 is 0 Å². The minimum atomic E-state index is -0.919. The molecule has 0 aliphatic carbocycles. The van der Waals surface area contributed by atoms with E-state index in [1.165, 1.54) is 0 Å². The first-order valence-electron chi connectivity index (χ1n) is 4.40. The fourth-order valence-electron chi connectivity index (χ4n) is 1.45. The van der Waals surface area contributed by atoms with Gasteiger partial charge >= 0.3 is 5.97 Å². The molecule has 1 aromatic carbocycles. The third kappa shape index (κ3) is 1.25. The Bertz CT molecular complexity index is 488. The number of hydrogen-bond donors (Lipinski definition) is 1. The molecule has 0 aliphatic heterocycles. The Balaban J connectivity index is 2.63. The lowest BCUT2D eigenvalue weighted by Gasteiger charge is -1.98. The third-order valence-electron chi connectivity index (χ3n) is 2.21. The van der Waals surface area contributed by atoms with Gasteiger partial charge in [-0.15, -0.1) is 0 Å². The van der Waals surface area contributed by atoms with Crippen molar-refractivity contribution in [2.75, 3.05) is 0 Å². The summed E-state index contributed by atoms with van der Waals surface area (Å²) in [5.74, 6) is -0.919. The van der Waals surface area contributed by atoms with Gasteiger partial charge in [0.25, 0.3) is 0 Å². The molecule has 72 valence electrons. The van der Waals surface area contributed by atoms with E-state index in [9.17, 15) is 4.79 Å². The van der Waals surface area contributed by atoms with Crippen LogP contribution in [0.15, 0.2) is 24.5 Å². The third-order valence-corrected chi connectivity index (χ3v) is 2.21. The number of rotatable bonds is 2. The van der Waals surface area contributed by atoms with Crippen molar-refractivity contribution in [3.63, 3.8) is 0 Å². The molecular weight excluding hydrogens is 180 g/mol. The molecule has 4 nitrogen and oxygen atoms in total. The van der Waals surface area contributed by atoms with Crippen LogP contribution in [0, 0.1) is 0 Å². The normalized spacial score (nSPS) is 10.6. The molecule has 0 unspecified atom stereocenters. The molecular formula is C10H10N2O2. The minimum absolute atomic E-state index is 0.277. The van der Waals surface area contributed by atoms with Crippen LogP contribution in [-0.4, -0.2) is 20.6 Å². The maximum Gasteiger partial charge on any atom is 0.335 e. The van der Waals surface area contributed by atoms with Crippen LogP contribution in [0.4, 0.5) is 0 Å².